The quantitative estimate of drug-likeness (QED) is 0.123. The summed E-state index contributed by atoms with van der Waals surface area (Å²) in [5.74, 6) is -0.695. The van der Waals surface area contributed by atoms with Crippen molar-refractivity contribution in [2.24, 2.45) is 0 Å². The molecule has 0 saturated carbocycles. The van der Waals surface area contributed by atoms with Gasteiger partial charge >= 0.3 is 13.2 Å². The molecule has 204 valence electrons. The summed E-state index contributed by atoms with van der Waals surface area (Å²) in [5.41, 5.74) is 3.20. The molecule has 4 aromatic rings. The van der Waals surface area contributed by atoms with Crippen LogP contribution in [0.4, 0.5) is 23.4 Å². The first-order chi connectivity index (χ1) is 18.7. The highest BCUT2D eigenvalue weighted by atomic mass is 19.3. The average Bonchev–Trinajstić information content (AvgIpc) is 2.93. The van der Waals surface area contributed by atoms with Crippen LogP contribution >= 0.6 is 0 Å². The fourth-order valence-electron chi connectivity index (χ4n) is 4.33. The molecule has 0 aliphatic rings. The van der Waals surface area contributed by atoms with Crippen LogP contribution in [0.1, 0.15) is 41.1 Å². The van der Waals surface area contributed by atoms with Gasteiger partial charge in [0.05, 0.1) is 6.04 Å². The van der Waals surface area contributed by atoms with E-state index in [9.17, 15) is 22.8 Å². The molecule has 0 aliphatic heterocycles. The van der Waals surface area contributed by atoms with Crippen LogP contribution in [0.25, 0.3) is 0 Å². The monoisotopic (exact) mass is 541 g/mol. The van der Waals surface area contributed by atoms with Crippen molar-refractivity contribution in [2.75, 3.05) is 11.9 Å². The largest absolute Gasteiger partial charge is 0.619 e. The van der Waals surface area contributed by atoms with Crippen LogP contribution in [0.3, 0.4) is 0 Å². The average molecular weight is 542 g/mol. The van der Waals surface area contributed by atoms with Crippen molar-refractivity contribution < 1.29 is 31.8 Å². The van der Waals surface area contributed by atoms with Gasteiger partial charge in [0.25, 0.3) is 0 Å². The number of ether oxygens (including phenoxy) is 2. The van der Waals surface area contributed by atoms with E-state index in [2.05, 4.69) is 21.4 Å². The Bertz CT molecular complexity index is 1340. The summed E-state index contributed by atoms with van der Waals surface area (Å²) in [4.78, 5) is 6.68. The third-order valence-electron chi connectivity index (χ3n) is 6.51. The standard InChI is InChI=1S/C29H27F4N3O3/c1-19(21-6-4-3-5-7-21)35(2)27-11-9-23(18-34-27)24(16-20-12-14-36(37)15-13-20)22-8-10-25(38-28(30)31)26(17-22)39-29(32)33/h3-15,17-19,24,28-29H,16H2,1-2H3/t19-,24?/m1/s1. The summed E-state index contributed by atoms with van der Waals surface area (Å²) in [6.07, 6.45) is 4.79. The van der Waals surface area contributed by atoms with Crippen molar-refractivity contribution in [1.29, 1.82) is 0 Å². The Balaban J connectivity index is 1.68. The molecule has 0 bridgehead atoms. The molecule has 2 aromatic heterocycles. The van der Waals surface area contributed by atoms with Gasteiger partial charge in [-0.1, -0.05) is 42.5 Å². The van der Waals surface area contributed by atoms with Gasteiger partial charge in [0.15, 0.2) is 23.9 Å². The molecule has 0 N–H and O–H groups in total. The Labute approximate surface area is 223 Å². The second-order valence-electron chi connectivity index (χ2n) is 8.93. The summed E-state index contributed by atoms with van der Waals surface area (Å²) in [6, 6.07) is 21.1. The minimum atomic E-state index is -3.23. The Morgan fingerprint density at radius 3 is 2.08 bits per heavy atom. The molecule has 39 heavy (non-hydrogen) atoms. The number of pyridine rings is 2. The number of hydrogen-bond acceptors (Lipinski definition) is 5. The lowest BCUT2D eigenvalue weighted by Gasteiger charge is -2.27. The maximum Gasteiger partial charge on any atom is 0.387 e. The normalized spacial score (nSPS) is 12.8. The van der Waals surface area contributed by atoms with Gasteiger partial charge in [0.2, 0.25) is 0 Å². The van der Waals surface area contributed by atoms with Crippen molar-refractivity contribution in [3.8, 4) is 11.5 Å². The highest BCUT2D eigenvalue weighted by Crippen LogP contribution is 2.37. The van der Waals surface area contributed by atoms with E-state index in [-0.39, 0.29) is 6.04 Å². The molecule has 0 radical (unpaired) electrons. The molecule has 4 rings (SSSR count). The zero-order chi connectivity index (χ0) is 27.9. The van der Waals surface area contributed by atoms with Crippen molar-refractivity contribution in [1.82, 2.24) is 4.98 Å². The van der Waals surface area contributed by atoms with Gasteiger partial charge in [-0.2, -0.15) is 22.3 Å². The Morgan fingerprint density at radius 2 is 1.46 bits per heavy atom. The molecule has 2 atom stereocenters. The van der Waals surface area contributed by atoms with Gasteiger partial charge in [0.1, 0.15) is 5.82 Å². The van der Waals surface area contributed by atoms with Gasteiger partial charge in [-0.3, -0.25) is 0 Å². The van der Waals surface area contributed by atoms with Crippen LogP contribution in [0.2, 0.25) is 0 Å². The zero-order valence-electron chi connectivity index (χ0n) is 21.3. The van der Waals surface area contributed by atoms with Crippen molar-refractivity contribution in [2.45, 2.75) is 38.5 Å². The number of hydrogen-bond donors (Lipinski definition) is 0. The van der Waals surface area contributed by atoms with E-state index in [0.717, 1.165) is 22.5 Å². The Kier molecular flexibility index (Phi) is 8.85. The molecule has 0 fully saturated rings. The van der Waals surface area contributed by atoms with Crippen LogP contribution in [-0.2, 0) is 6.42 Å². The Hall–Kier alpha value is -4.34. The van der Waals surface area contributed by atoms with Crippen LogP contribution in [-0.4, -0.2) is 25.3 Å². The summed E-state index contributed by atoms with van der Waals surface area (Å²) < 4.78 is 61.4. The van der Waals surface area contributed by atoms with E-state index in [1.165, 1.54) is 30.6 Å². The molecule has 2 aromatic carbocycles. The lowest BCUT2D eigenvalue weighted by molar-refractivity contribution is -0.605. The third-order valence-corrected chi connectivity index (χ3v) is 6.51. The van der Waals surface area contributed by atoms with Crippen LogP contribution in [0.15, 0.2) is 91.4 Å². The van der Waals surface area contributed by atoms with Gasteiger partial charge in [-0.25, -0.2) is 4.98 Å². The summed E-state index contributed by atoms with van der Waals surface area (Å²) in [5, 5.41) is 11.5. The molecule has 1 unspecified atom stereocenters. The fourth-order valence-corrected chi connectivity index (χ4v) is 4.33. The summed E-state index contributed by atoms with van der Waals surface area (Å²) in [6.45, 7) is -4.37. The maximum atomic E-state index is 13.1. The van der Waals surface area contributed by atoms with Crippen LogP contribution in [0, 0.1) is 5.21 Å². The van der Waals surface area contributed by atoms with E-state index in [4.69, 9.17) is 0 Å². The van der Waals surface area contributed by atoms with Gasteiger partial charge in [-0.15, -0.1) is 0 Å². The number of aromatic nitrogens is 2. The maximum absolute atomic E-state index is 13.1. The predicted octanol–water partition coefficient (Wildman–Crippen LogP) is 6.49. The molecule has 10 heteroatoms. The first-order valence-electron chi connectivity index (χ1n) is 12.2. The molecule has 0 spiro atoms. The number of benzene rings is 2. The van der Waals surface area contributed by atoms with Crippen LogP contribution in [0.5, 0.6) is 11.5 Å². The number of nitrogens with zero attached hydrogens (tertiary/aromatic N) is 3. The highest BCUT2D eigenvalue weighted by Gasteiger charge is 2.22. The number of rotatable bonds is 11. The number of halogens is 4. The second kappa shape index (κ2) is 12.5. The lowest BCUT2D eigenvalue weighted by atomic mass is 9.86. The number of alkyl halides is 4. The van der Waals surface area contributed by atoms with E-state index < -0.39 is 30.6 Å². The van der Waals surface area contributed by atoms with E-state index in [0.29, 0.717) is 16.7 Å². The second-order valence-corrected chi connectivity index (χ2v) is 8.93. The van der Waals surface area contributed by atoms with Crippen molar-refractivity contribution >= 4 is 5.82 Å². The smallest absolute Gasteiger partial charge is 0.387 e. The van der Waals surface area contributed by atoms with Crippen molar-refractivity contribution in [3.05, 3.63) is 119 Å². The molecular formula is C29H27F4N3O3. The van der Waals surface area contributed by atoms with E-state index >= 15 is 0 Å². The molecule has 2 heterocycles. The first-order valence-corrected chi connectivity index (χ1v) is 12.2. The van der Waals surface area contributed by atoms with E-state index in [1.54, 1.807) is 18.3 Å². The fraction of sp³-hybridized carbons (Fsp3) is 0.241. The van der Waals surface area contributed by atoms with E-state index in [1.807, 2.05) is 54.4 Å². The van der Waals surface area contributed by atoms with Gasteiger partial charge in [0, 0.05) is 31.3 Å². The minimum absolute atomic E-state index is 0.0554. The molecule has 0 saturated heterocycles. The Morgan fingerprint density at radius 1 is 0.821 bits per heavy atom. The molecule has 0 amide bonds. The van der Waals surface area contributed by atoms with Crippen molar-refractivity contribution in [3.63, 3.8) is 0 Å². The molecular weight excluding hydrogens is 514 g/mol. The molecule has 6 nitrogen and oxygen atoms in total. The minimum Gasteiger partial charge on any atom is -0.619 e. The van der Waals surface area contributed by atoms with Gasteiger partial charge in [-0.05, 0) is 53.8 Å². The highest BCUT2D eigenvalue weighted by molar-refractivity contribution is 5.48. The topological polar surface area (TPSA) is 61.5 Å². The predicted molar refractivity (Wildman–Crippen MR) is 138 cm³/mol. The van der Waals surface area contributed by atoms with Gasteiger partial charge < -0.3 is 19.6 Å². The lowest BCUT2D eigenvalue weighted by Crippen LogP contribution is -2.24. The summed E-state index contributed by atoms with van der Waals surface area (Å²) in [7, 11) is 1.94. The molecule has 0 aliphatic carbocycles. The zero-order valence-corrected chi connectivity index (χ0v) is 21.3. The summed E-state index contributed by atoms with van der Waals surface area (Å²) >= 11 is 0. The first kappa shape index (κ1) is 27.7. The SMILES string of the molecule is C[C@H](c1ccccc1)N(C)c1ccc(C(Cc2cc[n+]([O-])cc2)c2ccc(OC(F)F)c(OC(F)F)c2)cn1. The number of anilines is 1. The third kappa shape index (κ3) is 7.16. The van der Waals surface area contributed by atoms with Crippen LogP contribution < -0.4 is 19.1 Å².